The molecule has 0 aromatic rings. The second-order valence-electron chi connectivity index (χ2n) is 4.96. The van der Waals surface area contributed by atoms with Crippen molar-refractivity contribution in [2.45, 2.75) is 44.6 Å². The van der Waals surface area contributed by atoms with Crippen LogP contribution in [0.3, 0.4) is 0 Å². The van der Waals surface area contributed by atoms with Gasteiger partial charge in [0.1, 0.15) is 6.10 Å². The van der Waals surface area contributed by atoms with Crippen LogP contribution in [0.15, 0.2) is 12.2 Å². The van der Waals surface area contributed by atoms with Crippen molar-refractivity contribution in [3.8, 4) is 0 Å². The summed E-state index contributed by atoms with van der Waals surface area (Å²) in [6.45, 7) is 3.42. The van der Waals surface area contributed by atoms with Crippen molar-refractivity contribution in [2.24, 2.45) is 5.41 Å². The van der Waals surface area contributed by atoms with Crippen molar-refractivity contribution in [1.29, 1.82) is 0 Å². The largest absolute Gasteiger partial charge is 0.481 e. The van der Waals surface area contributed by atoms with E-state index < -0.39 is 11.9 Å². The predicted octanol–water partition coefficient (Wildman–Crippen LogP) is 1.89. The van der Waals surface area contributed by atoms with Gasteiger partial charge in [0.25, 0.3) is 0 Å². The number of hydrogen-bond acceptors (Lipinski definition) is 3. The zero-order valence-corrected chi connectivity index (χ0v) is 9.20. The fourth-order valence-corrected chi connectivity index (χ4v) is 2.56. The fraction of sp³-hybridized carbons (Fsp3) is 0.667. The summed E-state index contributed by atoms with van der Waals surface area (Å²) < 4.78 is 5.18. The third-order valence-electron chi connectivity index (χ3n) is 3.66. The van der Waals surface area contributed by atoms with E-state index >= 15 is 0 Å². The Balaban J connectivity index is 1.72. The minimum Gasteiger partial charge on any atom is -0.481 e. The van der Waals surface area contributed by atoms with Gasteiger partial charge in [0, 0.05) is 5.57 Å². The van der Waals surface area contributed by atoms with Gasteiger partial charge in [-0.05, 0) is 31.1 Å². The maximum absolute atomic E-state index is 11.4. The first-order valence-corrected chi connectivity index (χ1v) is 5.61. The smallest absolute Gasteiger partial charge is 0.334 e. The summed E-state index contributed by atoms with van der Waals surface area (Å²) in [6, 6.07) is 0. The number of carbonyl (C=O) groups is 2. The molecular formula is C12H16O4. The van der Waals surface area contributed by atoms with Gasteiger partial charge in [-0.25, -0.2) is 4.79 Å². The van der Waals surface area contributed by atoms with Gasteiger partial charge in [0.2, 0.25) is 0 Å². The monoisotopic (exact) mass is 224 g/mol. The molecule has 2 aliphatic carbocycles. The second-order valence-corrected chi connectivity index (χ2v) is 4.96. The van der Waals surface area contributed by atoms with E-state index in [9.17, 15) is 9.59 Å². The Kier molecular flexibility index (Phi) is 2.74. The summed E-state index contributed by atoms with van der Waals surface area (Å²) in [5.41, 5.74) is 0.487. The Morgan fingerprint density at radius 3 is 2.44 bits per heavy atom. The summed E-state index contributed by atoms with van der Waals surface area (Å²) in [5.74, 6) is -1.60. The first-order chi connectivity index (χ1) is 7.51. The van der Waals surface area contributed by atoms with Gasteiger partial charge >= 0.3 is 11.9 Å². The van der Waals surface area contributed by atoms with Crippen LogP contribution in [0.5, 0.6) is 0 Å². The van der Waals surface area contributed by atoms with E-state index in [1.54, 1.807) is 0 Å². The first kappa shape index (κ1) is 11.2. The predicted molar refractivity (Wildman–Crippen MR) is 56.8 cm³/mol. The molecule has 1 spiro atoms. The molecule has 0 aromatic heterocycles. The number of carboxylic acid groups (broad SMARTS) is 1. The van der Waals surface area contributed by atoms with E-state index in [0.717, 1.165) is 12.8 Å². The molecule has 0 saturated heterocycles. The number of carbonyl (C=O) groups excluding carboxylic acids is 1. The van der Waals surface area contributed by atoms with E-state index in [-0.39, 0.29) is 18.1 Å². The highest BCUT2D eigenvalue weighted by Gasteiger charge is 2.49. The highest BCUT2D eigenvalue weighted by atomic mass is 16.5. The van der Waals surface area contributed by atoms with Crippen molar-refractivity contribution in [1.82, 2.24) is 0 Å². The molecule has 2 aliphatic rings. The van der Waals surface area contributed by atoms with E-state index in [1.807, 2.05) is 0 Å². The number of esters is 1. The molecule has 1 N–H and O–H groups in total. The third-order valence-corrected chi connectivity index (χ3v) is 3.66. The average Bonchev–Trinajstić information content (AvgIpc) is 2.05. The van der Waals surface area contributed by atoms with Crippen LogP contribution >= 0.6 is 0 Å². The van der Waals surface area contributed by atoms with E-state index in [2.05, 4.69) is 6.58 Å². The van der Waals surface area contributed by atoms with Gasteiger partial charge < -0.3 is 9.84 Å². The Bertz CT molecular complexity index is 333. The van der Waals surface area contributed by atoms with Gasteiger partial charge in [-0.3, -0.25) is 4.79 Å². The number of hydrogen-bond donors (Lipinski definition) is 1. The van der Waals surface area contributed by atoms with Gasteiger partial charge in [-0.2, -0.15) is 0 Å². The molecule has 0 aromatic carbocycles. The second kappa shape index (κ2) is 3.92. The number of ether oxygens (including phenoxy) is 1. The molecule has 2 fully saturated rings. The molecule has 0 amide bonds. The molecule has 16 heavy (non-hydrogen) atoms. The molecule has 4 heteroatoms. The summed E-state index contributed by atoms with van der Waals surface area (Å²) in [5, 5.41) is 8.50. The summed E-state index contributed by atoms with van der Waals surface area (Å²) >= 11 is 0. The summed E-state index contributed by atoms with van der Waals surface area (Å²) in [7, 11) is 0. The molecule has 0 bridgehead atoms. The quantitative estimate of drug-likeness (QED) is 0.585. The van der Waals surface area contributed by atoms with Crippen LogP contribution in [0.25, 0.3) is 0 Å². The van der Waals surface area contributed by atoms with Gasteiger partial charge in [0.05, 0.1) is 6.42 Å². The maximum Gasteiger partial charge on any atom is 0.334 e. The Morgan fingerprint density at radius 1 is 1.38 bits per heavy atom. The van der Waals surface area contributed by atoms with E-state index in [0.29, 0.717) is 5.41 Å². The zero-order valence-electron chi connectivity index (χ0n) is 9.20. The van der Waals surface area contributed by atoms with Crippen LogP contribution in [-0.4, -0.2) is 23.1 Å². The van der Waals surface area contributed by atoms with Gasteiger partial charge in [-0.1, -0.05) is 13.0 Å². The van der Waals surface area contributed by atoms with Crippen molar-refractivity contribution in [3.63, 3.8) is 0 Å². The first-order valence-electron chi connectivity index (χ1n) is 5.61. The summed E-state index contributed by atoms with van der Waals surface area (Å²) in [4.78, 5) is 21.8. The van der Waals surface area contributed by atoms with Crippen molar-refractivity contribution in [2.75, 3.05) is 0 Å². The van der Waals surface area contributed by atoms with Crippen LogP contribution in [0.2, 0.25) is 0 Å². The number of aliphatic carboxylic acids is 1. The Hall–Kier alpha value is -1.32. The average molecular weight is 224 g/mol. The topological polar surface area (TPSA) is 63.6 Å². The van der Waals surface area contributed by atoms with Crippen molar-refractivity contribution < 1.29 is 19.4 Å². The van der Waals surface area contributed by atoms with E-state index in [4.69, 9.17) is 9.84 Å². The molecule has 2 rings (SSSR count). The molecule has 2 saturated carbocycles. The molecule has 4 nitrogen and oxygen atoms in total. The third kappa shape index (κ3) is 2.10. The standard InChI is InChI=1S/C12H16O4/c1-8(5-10(13)14)11(15)16-9-6-12(7-9)3-2-4-12/h9H,1-7H2,(H,13,14). The molecular weight excluding hydrogens is 208 g/mol. The van der Waals surface area contributed by atoms with Gasteiger partial charge in [0.15, 0.2) is 0 Å². The highest BCUT2D eigenvalue weighted by molar-refractivity contribution is 5.92. The fourth-order valence-electron chi connectivity index (χ4n) is 2.56. The van der Waals surface area contributed by atoms with Crippen molar-refractivity contribution >= 4 is 11.9 Å². The lowest BCUT2D eigenvalue weighted by atomic mass is 9.55. The SMILES string of the molecule is C=C(CC(=O)O)C(=O)OC1CC2(CCC2)C1. The van der Waals surface area contributed by atoms with Crippen LogP contribution < -0.4 is 0 Å². The lowest BCUT2D eigenvalue weighted by Gasteiger charge is -2.53. The number of carboxylic acids is 1. The van der Waals surface area contributed by atoms with Crippen molar-refractivity contribution in [3.05, 3.63) is 12.2 Å². The van der Waals surface area contributed by atoms with Crippen LogP contribution in [0, 0.1) is 5.41 Å². The Morgan fingerprint density at radius 2 is 2.00 bits per heavy atom. The summed E-state index contributed by atoms with van der Waals surface area (Å²) in [6.07, 6.45) is 5.31. The van der Waals surface area contributed by atoms with Crippen LogP contribution in [-0.2, 0) is 14.3 Å². The lowest BCUT2D eigenvalue weighted by Crippen LogP contribution is -2.47. The van der Waals surface area contributed by atoms with Crippen LogP contribution in [0.4, 0.5) is 0 Å². The lowest BCUT2D eigenvalue weighted by molar-refractivity contribution is -0.164. The Labute approximate surface area is 94.3 Å². The molecule has 0 unspecified atom stereocenters. The number of rotatable bonds is 4. The molecule has 88 valence electrons. The van der Waals surface area contributed by atoms with Crippen LogP contribution in [0.1, 0.15) is 38.5 Å². The zero-order chi connectivity index (χ0) is 11.8. The molecule has 0 atom stereocenters. The minimum absolute atomic E-state index is 0.0154. The minimum atomic E-state index is -1.05. The molecule has 0 aliphatic heterocycles. The molecule has 0 heterocycles. The van der Waals surface area contributed by atoms with Gasteiger partial charge in [-0.15, -0.1) is 0 Å². The molecule has 0 radical (unpaired) electrons. The maximum atomic E-state index is 11.4. The highest BCUT2D eigenvalue weighted by Crippen LogP contribution is 2.56. The van der Waals surface area contributed by atoms with E-state index in [1.165, 1.54) is 19.3 Å². The normalized spacial score (nSPS) is 22.0.